The van der Waals surface area contributed by atoms with E-state index in [0.29, 0.717) is 6.61 Å². The van der Waals surface area contributed by atoms with Crippen molar-refractivity contribution in [1.29, 1.82) is 0 Å². The first-order valence-electron chi connectivity index (χ1n) is 6.90. The Kier molecular flexibility index (Phi) is 2.82. The quantitative estimate of drug-likeness (QED) is 0.723. The van der Waals surface area contributed by atoms with Crippen molar-refractivity contribution in [2.75, 3.05) is 0 Å². The number of hydrogen-bond acceptors (Lipinski definition) is 3. The summed E-state index contributed by atoms with van der Waals surface area (Å²) in [5, 5.41) is 10.9. The molecular formula is C17H15NO3. The van der Waals surface area contributed by atoms with Crippen LogP contribution in [0.5, 0.6) is 0 Å². The lowest BCUT2D eigenvalue weighted by atomic mass is 10.1. The number of para-hydroxylation sites is 1. The number of rotatable bonds is 4. The normalized spacial score (nSPS) is 24.3. The fourth-order valence-corrected chi connectivity index (χ4v) is 2.64. The van der Waals surface area contributed by atoms with Crippen molar-refractivity contribution in [2.24, 2.45) is 0 Å². The number of aliphatic hydroxyl groups excluding tert-OH is 1. The molecule has 3 aromatic rings. The van der Waals surface area contributed by atoms with Gasteiger partial charge in [0.15, 0.2) is 0 Å². The number of benzene rings is 2. The molecule has 0 aliphatic carbocycles. The van der Waals surface area contributed by atoms with E-state index < -0.39 is 12.1 Å². The molecule has 4 rings (SSSR count). The Bertz CT molecular complexity index is 768. The van der Waals surface area contributed by atoms with Crippen LogP contribution in [-0.2, 0) is 21.9 Å². The molecule has 2 aromatic carbocycles. The van der Waals surface area contributed by atoms with Crippen LogP contribution in [0.4, 0.5) is 0 Å². The Balaban J connectivity index is 1.65. The molecule has 0 radical (unpaired) electrons. The van der Waals surface area contributed by atoms with Crippen molar-refractivity contribution in [2.45, 2.75) is 18.7 Å². The molecular weight excluding hydrogens is 266 g/mol. The van der Waals surface area contributed by atoms with Gasteiger partial charge in [-0.3, -0.25) is 0 Å². The Morgan fingerprint density at radius 1 is 1.10 bits per heavy atom. The average molecular weight is 281 g/mol. The van der Waals surface area contributed by atoms with Gasteiger partial charge in [0, 0.05) is 22.7 Å². The lowest BCUT2D eigenvalue weighted by molar-refractivity contribution is -0.0606. The van der Waals surface area contributed by atoms with E-state index in [-0.39, 0.29) is 0 Å². The predicted octanol–water partition coefficient (Wildman–Crippen LogP) is 2.89. The Morgan fingerprint density at radius 2 is 1.81 bits per heavy atom. The van der Waals surface area contributed by atoms with E-state index in [0.717, 1.165) is 22.0 Å². The highest BCUT2D eigenvalue weighted by Crippen LogP contribution is 2.48. The number of fused-ring (bicyclic) bond motifs is 1. The summed E-state index contributed by atoms with van der Waals surface area (Å²) >= 11 is 0. The number of aromatic amines is 1. The first-order valence-corrected chi connectivity index (χ1v) is 6.90. The molecule has 0 amide bonds. The molecule has 0 bridgehead atoms. The van der Waals surface area contributed by atoms with E-state index in [1.165, 1.54) is 0 Å². The molecule has 1 aromatic heterocycles. The van der Waals surface area contributed by atoms with E-state index >= 15 is 0 Å². The molecule has 1 aliphatic heterocycles. The molecule has 2 heterocycles. The van der Waals surface area contributed by atoms with Gasteiger partial charge < -0.3 is 19.6 Å². The SMILES string of the molecule is OC1OC1(OCc1ccccc1)c1c[nH]c2ccccc12. The van der Waals surface area contributed by atoms with Gasteiger partial charge in [0.1, 0.15) is 0 Å². The minimum atomic E-state index is -1.06. The molecule has 21 heavy (non-hydrogen) atoms. The van der Waals surface area contributed by atoms with Crippen LogP contribution in [0.25, 0.3) is 10.9 Å². The highest BCUT2D eigenvalue weighted by molar-refractivity contribution is 5.84. The summed E-state index contributed by atoms with van der Waals surface area (Å²) in [5.41, 5.74) is 2.87. The molecule has 4 nitrogen and oxygen atoms in total. The summed E-state index contributed by atoms with van der Waals surface area (Å²) in [5.74, 6) is -1.06. The average Bonchev–Trinajstić information content (AvgIpc) is 2.99. The third-order valence-corrected chi connectivity index (χ3v) is 3.82. The van der Waals surface area contributed by atoms with Crippen LogP contribution in [-0.4, -0.2) is 16.4 Å². The summed E-state index contributed by atoms with van der Waals surface area (Å²) in [4.78, 5) is 3.18. The number of H-pyrrole nitrogens is 1. The fourth-order valence-electron chi connectivity index (χ4n) is 2.64. The van der Waals surface area contributed by atoms with Crippen molar-refractivity contribution >= 4 is 10.9 Å². The van der Waals surface area contributed by atoms with Gasteiger partial charge in [-0.2, -0.15) is 0 Å². The molecule has 0 spiro atoms. The molecule has 1 fully saturated rings. The van der Waals surface area contributed by atoms with Gasteiger partial charge in [-0.15, -0.1) is 0 Å². The predicted molar refractivity (Wildman–Crippen MR) is 78.3 cm³/mol. The number of nitrogens with one attached hydrogen (secondary N) is 1. The van der Waals surface area contributed by atoms with Crippen LogP contribution in [0.1, 0.15) is 11.1 Å². The number of hydrogen-bond donors (Lipinski definition) is 2. The molecule has 2 unspecified atom stereocenters. The summed E-state index contributed by atoms with van der Waals surface area (Å²) in [6, 6.07) is 17.7. The zero-order chi connectivity index (χ0) is 14.3. The lowest BCUT2D eigenvalue weighted by Gasteiger charge is -2.13. The third-order valence-electron chi connectivity index (χ3n) is 3.82. The maximum Gasteiger partial charge on any atom is 0.252 e. The van der Waals surface area contributed by atoms with Gasteiger partial charge in [-0.25, -0.2) is 0 Å². The van der Waals surface area contributed by atoms with Gasteiger partial charge >= 0.3 is 0 Å². The van der Waals surface area contributed by atoms with Crippen LogP contribution in [0, 0.1) is 0 Å². The standard InChI is InChI=1S/C17H15NO3/c19-16-17(21-16,20-11-12-6-2-1-3-7-12)14-10-18-15-9-5-4-8-13(14)15/h1-10,16,18-19H,11H2. The Labute approximate surface area is 121 Å². The number of aromatic nitrogens is 1. The van der Waals surface area contributed by atoms with Gasteiger partial charge in [0.2, 0.25) is 6.29 Å². The van der Waals surface area contributed by atoms with E-state index in [1.807, 2.05) is 60.8 Å². The summed E-state index contributed by atoms with van der Waals surface area (Å²) in [7, 11) is 0. The largest absolute Gasteiger partial charge is 0.363 e. The molecule has 0 saturated carbocycles. The molecule has 2 N–H and O–H groups in total. The second-order valence-corrected chi connectivity index (χ2v) is 5.16. The number of epoxide rings is 1. The van der Waals surface area contributed by atoms with Gasteiger partial charge in [-0.05, 0) is 11.6 Å². The van der Waals surface area contributed by atoms with Gasteiger partial charge in [-0.1, -0.05) is 48.5 Å². The summed E-state index contributed by atoms with van der Waals surface area (Å²) < 4.78 is 11.3. The van der Waals surface area contributed by atoms with Gasteiger partial charge in [0.05, 0.1) is 6.61 Å². The summed E-state index contributed by atoms with van der Waals surface area (Å²) in [6.07, 6.45) is 0.909. The van der Waals surface area contributed by atoms with E-state index in [4.69, 9.17) is 9.47 Å². The maximum absolute atomic E-state index is 9.93. The van der Waals surface area contributed by atoms with Crippen LogP contribution < -0.4 is 0 Å². The highest BCUT2D eigenvalue weighted by atomic mass is 16.9. The van der Waals surface area contributed by atoms with Crippen LogP contribution in [0.2, 0.25) is 0 Å². The zero-order valence-electron chi connectivity index (χ0n) is 11.3. The van der Waals surface area contributed by atoms with Gasteiger partial charge in [0.25, 0.3) is 5.79 Å². The molecule has 4 heteroatoms. The lowest BCUT2D eigenvalue weighted by Crippen LogP contribution is -2.17. The number of ether oxygens (including phenoxy) is 2. The Hall–Kier alpha value is -2.14. The van der Waals surface area contributed by atoms with Crippen molar-refractivity contribution in [1.82, 2.24) is 4.98 Å². The monoisotopic (exact) mass is 281 g/mol. The van der Waals surface area contributed by atoms with E-state index in [9.17, 15) is 5.11 Å². The first-order chi connectivity index (χ1) is 10.3. The topological polar surface area (TPSA) is 57.8 Å². The molecule has 106 valence electrons. The fraction of sp³-hybridized carbons (Fsp3) is 0.176. The smallest absolute Gasteiger partial charge is 0.252 e. The second kappa shape index (κ2) is 4.70. The minimum absolute atomic E-state index is 0.386. The molecule has 1 saturated heterocycles. The minimum Gasteiger partial charge on any atom is -0.363 e. The first kappa shape index (κ1) is 12.6. The second-order valence-electron chi connectivity index (χ2n) is 5.16. The van der Waals surface area contributed by atoms with Crippen molar-refractivity contribution in [3.8, 4) is 0 Å². The van der Waals surface area contributed by atoms with E-state index in [2.05, 4.69) is 4.98 Å². The van der Waals surface area contributed by atoms with E-state index in [1.54, 1.807) is 0 Å². The van der Waals surface area contributed by atoms with Crippen molar-refractivity contribution < 1.29 is 14.6 Å². The highest BCUT2D eigenvalue weighted by Gasteiger charge is 2.60. The molecule has 2 atom stereocenters. The van der Waals surface area contributed by atoms with Crippen molar-refractivity contribution in [3.05, 3.63) is 71.9 Å². The third kappa shape index (κ3) is 2.05. The summed E-state index contributed by atoms with van der Waals surface area (Å²) in [6.45, 7) is 0.386. The zero-order valence-corrected chi connectivity index (χ0v) is 11.3. The van der Waals surface area contributed by atoms with Crippen molar-refractivity contribution in [3.63, 3.8) is 0 Å². The van der Waals surface area contributed by atoms with Crippen LogP contribution in [0.3, 0.4) is 0 Å². The van der Waals surface area contributed by atoms with Crippen LogP contribution in [0.15, 0.2) is 60.8 Å². The molecule has 1 aliphatic rings. The van der Waals surface area contributed by atoms with Crippen LogP contribution >= 0.6 is 0 Å². The number of aliphatic hydroxyl groups is 1. The maximum atomic E-state index is 9.93. The Morgan fingerprint density at radius 3 is 2.57 bits per heavy atom.